The molecule has 0 unspecified atom stereocenters. The van der Waals surface area contributed by atoms with E-state index < -0.39 is 0 Å². The Hall–Kier alpha value is -1.96. The third-order valence-corrected chi connectivity index (χ3v) is 3.77. The van der Waals surface area contributed by atoms with Crippen molar-refractivity contribution in [2.75, 3.05) is 46.5 Å². The van der Waals surface area contributed by atoms with Crippen LogP contribution in [-0.4, -0.2) is 61.6 Å². The third-order valence-electron chi connectivity index (χ3n) is 3.77. The molecule has 1 aliphatic heterocycles. The zero-order valence-electron chi connectivity index (χ0n) is 13.3. The Balaban J connectivity index is 1.47. The van der Waals surface area contributed by atoms with Gasteiger partial charge in [0.15, 0.2) is 0 Å². The van der Waals surface area contributed by atoms with E-state index in [9.17, 15) is 0 Å². The number of nitrogens with one attached hydrogen (secondary N) is 1. The van der Waals surface area contributed by atoms with Crippen LogP contribution in [0, 0.1) is 0 Å². The lowest BCUT2D eigenvalue weighted by Crippen LogP contribution is -2.40. The summed E-state index contributed by atoms with van der Waals surface area (Å²) in [5.41, 5.74) is 0.858. The van der Waals surface area contributed by atoms with Crippen LogP contribution in [0.3, 0.4) is 0 Å². The quantitative estimate of drug-likeness (QED) is 0.768. The van der Waals surface area contributed by atoms with Crippen molar-refractivity contribution in [2.24, 2.45) is 0 Å². The van der Waals surface area contributed by atoms with Crippen LogP contribution in [0.25, 0.3) is 11.5 Å². The molecule has 0 atom stereocenters. The maximum Gasteiger partial charge on any atom is 0.247 e. The Bertz CT molecular complexity index is 611. The lowest BCUT2D eigenvalue weighted by molar-refractivity contribution is 0.0383. The van der Waals surface area contributed by atoms with E-state index in [0.717, 1.165) is 50.7 Å². The first-order chi connectivity index (χ1) is 11.3. The van der Waals surface area contributed by atoms with Gasteiger partial charge in [0.05, 0.1) is 26.9 Å². The van der Waals surface area contributed by atoms with Gasteiger partial charge in [-0.05, 0) is 18.2 Å². The summed E-state index contributed by atoms with van der Waals surface area (Å²) in [5.74, 6) is 1.87. The molecule has 2 aromatic rings. The monoisotopic (exact) mass is 318 g/mol. The summed E-state index contributed by atoms with van der Waals surface area (Å²) < 4.78 is 16.2. The van der Waals surface area contributed by atoms with Gasteiger partial charge in [-0.3, -0.25) is 4.90 Å². The average molecular weight is 318 g/mol. The fourth-order valence-electron chi connectivity index (χ4n) is 2.46. The molecule has 0 bridgehead atoms. The zero-order valence-corrected chi connectivity index (χ0v) is 13.3. The van der Waals surface area contributed by atoms with Crippen molar-refractivity contribution in [1.82, 2.24) is 20.4 Å². The molecule has 7 heteroatoms. The molecule has 1 fully saturated rings. The summed E-state index contributed by atoms with van der Waals surface area (Å²) in [4.78, 5) is 2.38. The fourth-order valence-corrected chi connectivity index (χ4v) is 2.46. The molecule has 3 rings (SSSR count). The molecule has 1 N–H and O–H groups in total. The van der Waals surface area contributed by atoms with E-state index in [-0.39, 0.29) is 0 Å². The maximum absolute atomic E-state index is 5.69. The lowest BCUT2D eigenvalue weighted by Gasteiger charge is -2.26. The van der Waals surface area contributed by atoms with Crippen molar-refractivity contribution >= 4 is 0 Å². The molecule has 2 heterocycles. The highest BCUT2D eigenvalue weighted by atomic mass is 16.5. The number of aromatic nitrogens is 2. The van der Waals surface area contributed by atoms with Crippen LogP contribution in [0.4, 0.5) is 0 Å². The number of hydrogen-bond donors (Lipinski definition) is 1. The van der Waals surface area contributed by atoms with Gasteiger partial charge < -0.3 is 19.2 Å². The smallest absolute Gasteiger partial charge is 0.247 e. The molecule has 1 aromatic carbocycles. The topological polar surface area (TPSA) is 72.7 Å². The van der Waals surface area contributed by atoms with Crippen LogP contribution in [-0.2, 0) is 11.3 Å². The van der Waals surface area contributed by atoms with Crippen LogP contribution in [0.5, 0.6) is 5.75 Å². The molecule has 1 saturated heterocycles. The predicted molar refractivity (Wildman–Crippen MR) is 85.3 cm³/mol. The molecular weight excluding hydrogens is 296 g/mol. The Labute approximate surface area is 135 Å². The summed E-state index contributed by atoms with van der Waals surface area (Å²) in [7, 11) is 1.64. The second-order valence-corrected chi connectivity index (χ2v) is 5.36. The normalized spacial score (nSPS) is 15.7. The minimum atomic E-state index is 0.508. The van der Waals surface area contributed by atoms with Gasteiger partial charge in [0.2, 0.25) is 11.8 Å². The molecule has 0 aliphatic carbocycles. The Kier molecular flexibility index (Phi) is 5.57. The number of hydrogen-bond acceptors (Lipinski definition) is 7. The van der Waals surface area contributed by atoms with Crippen LogP contribution < -0.4 is 10.1 Å². The summed E-state index contributed by atoms with van der Waals surface area (Å²) >= 11 is 0. The molecule has 124 valence electrons. The van der Waals surface area contributed by atoms with E-state index >= 15 is 0 Å². The van der Waals surface area contributed by atoms with Crippen molar-refractivity contribution in [3.63, 3.8) is 0 Å². The predicted octanol–water partition coefficient (Wildman–Crippen LogP) is 1.17. The van der Waals surface area contributed by atoms with E-state index in [1.807, 2.05) is 24.3 Å². The van der Waals surface area contributed by atoms with Gasteiger partial charge in [-0.15, -0.1) is 10.2 Å². The van der Waals surface area contributed by atoms with E-state index in [1.54, 1.807) is 7.11 Å². The molecular formula is C16H22N4O3. The lowest BCUT2D eigenvalue weighted by atomic mass is 10.2. The first-order valence-electron chi connectivity index (χ1n) is 7.83. The van der Waals surface area contributed by atoms with E-state index in [1.165, 1.54) is 0 Å². The van der Waals surface area contributed by atoms with Crippen molar-refractivity contribution < 1.29 is 13.9 Å². The highest BCUT2D eigenvalue weighted by Gasteiger charge is 2.11. The summed E-state index contributed by atoms with van der Waals surface area (Å²) in [6.07, 6.45) is 0. The van der Waals surface area contributed by atoms with E-state index in [2.05, 4.69) is 20.4 Å². The summed E-state index contributed by atoms with van der Waals surface area (Å²) in [6.45, 7) is 6.12. The van der Waals surface area contributed by atoms with Crippen LogP contribution in [0.15, 0.2) is 28.7 Å². The van der Waals surface area contributed by atoms with Gasteiger partial charge in [0, 0.05) is 31.7 Å². The van der Waals surface area contributed by atoms with E-state index in [4.69, 9.17) is 13.9 Å². The molecule has 0 saturated carbocycles. The Morgan fingerprint density at radius 2 is 2.13 bits per heavy atom. The number of ether oxygens (including phenoxy) is 2. The molecule has 7 nitrogen and oxygen atoms in total. The molecule has 1 aliphatic rings. The highest BCUT2D eigenvalue weighted by Crippen LogP contribution is 2.22. The van der Waals surface area contributed by atoms with Crippen LogP contribution in [0.2, 0.25) is 0 Å². The minimum absolute atomic E-state index is 0.508. The first kappa shape index (κ1) is 15.9. The molecule has 0 radical (unpaired) electrons. The van der Waals surface area contributed by atoms with Crippen molar-refractivity contribution in [3.05, 3.63) is 30.2 Å². The molecule has 1 aromatic heterocycles. The van der Waals surface area contributed by atoms with Crippen molar-refractivity contribution in [3.8, 4) is 17.2 Å². The van der Waals surface area contributed by atoms with Crippen molar-refractivity contribution in [2.45, 2.75) is 6.54 Å². The highest BCUT2D eigenvalue weighted by molar-refractivity contribution is 5.55. The van der Waals surface area contributed by atoms with Gasteiger partial charge in [0.1, 0.15) is 5.75 Å². The van der Waals surface area contributed by atoms with Gasteiger partial charge in [-0.2, -0.15) is 0 Å². The Morgan fingerprint density at radius 1 is 1.26 bits per heavy atom. The number of benzene rings is 1. The number of nitrogens with zero attached hydrogens (tertiary/aromatic N) is 3. The maximum atomic E-state index is 5.69. The largest absolute Gasteiger partial charge is 0.497 e. The third kappa shape index (κ3) is 4.51. The number of morpholine rings is 1. The van der Waals surface area contributed by atoms with E-state index in [0.29, 0.717) is 18.3 Å². The van der Waals surface area contributed by atoms with Gasteiger partial charge >= 0.3 is 0 Å². The van der Waals surface area contributed by atoms with Gasteiger partial charge in [-0.25, -0.2) is 0 Å². The van der Waals surface area contributed by atoms with Crippen LogP contribution >= 0.6 is 0 Å². The van der Waals surface area contributed by atoms with Crippen LogP contribution in [0.1, 0.15) is 5.89 Å². The second kappa shape index (κ2) is 8.05. The minimum Gasteiger partial charge on any atom is -0.497 e. The van der Waals surface area contributed by atoms with Gasteiger partial charge in [-0.1, -0.05) is 6.07 Å². The Morgan fingerprint density at radius 3 is 2.96 bits per heavy atom. The number of methoxy groups -OCH3 is 1. The summed E-state index contributed by atoms with van der Waals surface area (Å²) in [5, 5.41) is 11.5. The molecule has 0 amide bonds. The second-order valence-electron chi connectivity index (χ2n) is 5.36. The average Bonchev–Trinajstić information content (AvgIpc) is 3.09. The standard InChI is InChI=1S/C16H22N4O3/c1-21-14-4-2-3-13(11-14)16-19-18-15(23-16)12-17-5-6-20-7-9-22-10-8-20/h2-4,11,17H,5-10,12H2,1H3. The zero-order chi connectivity index (χ0) is 15.9. The summed E-state index contributed by atoms with van der Waals surface area (Å²) in [6, 6.07) is 7.58. The van der Waals surface area contributed by atoms with Gasteiger partial charge in [0.25, 0.3) is 0 Å². The van der Waals surface area contributed by atoms with Crippen molar-refractivity contribution in [1.29, 1.82) is 0 Å². The fraction of sp³-hybridized carbons (Fsp3) is 0.500. The molecule has 0 spiro atoms. The molecule has 23 heavy (non-hydrogen) atoms. The first-order valence-corrected chi connectivity index (χ1v) is 7.83. The SMILES string of the molecule is COc1cccc(-c2nnc(CNCCN3CCOCC3)o2)c1. The number of rotatable bonds is 7.